The normalized spacial score (nSPS) is 13.8. The molecule has 0 bridgehead atoms. The molecule has 0 amide bonds. The second-order valence-electron chi connectivity index (χ2n) is 9.71. The number of nitrogens with zero attached hydrogens (tertiary/aromatic N) is 4. The highest BCUT2D eigenvalue weighted by Gasteiger charge is 2.22. The van der Waals surface area contributed by atoms with Crippen molar-refractivity contribution >= 4 is 22.7 Å². The lowest BCUT2D eigenvalue weighted by molar-refractivity contribution is 0.519. The fraction of sp³-hybridized carbons (Fsp3) is 0.346. The Morgan fingerprint density at radius 1 is 1.15 bits per heavy atom. The molecule has 34 heavy (non-hydrogen) atoms. The molecule has 2 aromatic heterocycles. The van der Waals surface area contributed by atoms with Crippen LogP contribution in [0.3, 0.4) is 0 Å². The highest BCUT2D eigenvalue weighted by molar-refractivity contribution is 5.77. The van der Waals surface area contributed by atoms with E-state index in [1.807, 2.05) is 33.8 Å². The molecule has 0 unspecified atom stereocenters. The summed E-state index contributed by atoms with van der Waals surface area (Å²) < 4.78 is 18.0. The molecular formula is C26H29FN6O. The summed E-state index contributed by atoms with van der Waals surface area (Å²) in [6.45, 7) is 10.1. The molecule has 8 heteroatoms. The van der Waals surface area contributed by atoms with Crippen molar-refractivity contribution < 1.29 is 4.39 Å². The first kappa shape index (κ1) is 22.3. The minimum Gasteiger partial charge on any atom is -0.324 e. The van der Waals surface area contributed by atoms with E-state index in [9.17, 15) is 9.18 Å². The Kier molecular flexibility index (Phi) is 5.48. The average molecular weight is 461 g/mol. The molecule has 0 aliphatic carbocycles. The van der Waals surface area contributed by atoms with E-state index in [-0.39, 0.29) is 16.8 Å². The van der Waals surface area contributed by atoms with Crippen molar-refractivity contribution in [3.63, 3.8) is 0 Å². The molecular weight excluding hydrogens is 431 g/mol. The van der Waals surface area contributed by atoms with Gasteiger partial charge in [-0.15, -0.1) is 0 Å². The van der Waals surface area contributed by atoms with E-state index in [4.69, 9.17) is 4.98 Å². The fourth-order valence-electron chi connectivity index (χ4n) is 4.54. The lowest BCUT2D eigenvalue weighted by atomic mass is 9.86. The maximum Gasteiger partial charge on any atom is 0.278 e. The maximum atomic E-state index is 14.6. The van der Waals surface area contributed by atoms with E-state index in [2.05, 4.69) is 27.8 Å². The van der Waals surface area contributed by atoms with Crippen LogP contribution in [0.4, 0.5) is 16.0 Å². The van der Waals surface area contributed by atoms with Crippen molar-refractivity contribution in [3.05, 3.63) is 75.5 Å². The van der Waals surface area contributed by atoms with E-state index < -0.39 is 0 Å². The number of anilines is 2. The van der Waals surface area contributed by atoms with Gasteiger partial charge in [-0.3, -0.25) is 4.79 Å². The lowest BCUT2D eigenvalue weighted by Gasteiger charge is -2.21. The van der Waals surface area contributed by atoms with Gasteiger partial charge in [-0.2, -0.15) is 4.98 Å². The third-order valence-electron chi connectivity index (χ3n) is 6.33. The number of benzene rings is 2. The van der Waals surface area contributed by atoms with Crippen LogP contribution in [0.2, 0.25) is 0 Å². The molecule has 2 aromatic carbocycles. The van der Waals surface area contributed by atoms with Gasteiger partial charge in [0.15, 0.2) is 5.65 Å². The van der Waals surface area contributed by atoms with Crippen molar-refractivity contribution in [1.82, 2.24) is 24.6 Å². The Balaban J connectivity index is 1.62. The van der Waals surface area contributed by atoms with E-state index >= 15 is 0 Å². The van der Waals surface area contributed by atoms with Crippen LogP contribution in [0, 0.1) is 5.82 Å². The van der Waals surface area contributed by atoms with E-state index in [1.54, 1.807) is 27.7 Å². The zero-order chi connectivity index (χ0) is 24.0. The molecule has 2 N–H and O–H groups in total. The van der Waals surface area contributed by atoms with Crippen LogP contribution in [0.15, 0.2) is 47.4 Å². The quantitative estimate of drug-likeness (QED) is 0.471. The van der Waals surface area contributed by atoms with Crippen LogP contribution < -0.4 is 16.2 Å². The molecule has 0 spiro atoms. The summed E-state index contributed by atoms with van der Waals surface area (Å²) in [4.78, 5) is 22.2. The Labute approximate surface area is 197 Å². The molecule has 5 rings (SSSR count). The van der Waals surface area contributed by atoms with Gasteiger partial charge in [0.25, 0.3) is 5.56 Å². The average Bonchev–Trinajstić information content (AvgIpc) is 3.09. The van der Waals surface area contributed by atoms with E-state index in [0.717, 1.165) is 25.2 Å². The van der Waals surface area contributed by atoms with Crippen LogP contribution in [0.5, 0.6) is 0 Å². The van der Waals surface area contributed by atoms with Crippen molar-refractivity contribution in [3.8, 4) is 5.69 Å². The number of halogens is 1. The number of rotatable bonds is 4. The van der Waals surface area contributed by atoms with Crippen LogP contribution in [0.25, 0.3) is 16.7 Å². The summed E-state index contributed by atoms with van der Waals surface area (Å²) in [5, 5.41) is 7.09. The smallest absolute Gasteiger partial charge is 0.278 e. The predicted octanol–water partition coefficient (Wildman–Crippen LogP) is 4.43. The largest absolute Gasteiger partial charge is 0.324 e. The minimum absolute atomic E-state index is 0.174. The van der Waals surface area contributed by atoms with Crippen LogP contribution in [-0.2, 0) is 24.9 Å². The Hall–Kier alpha value is -3.52. The van der Waals surface area contributed by atoms with Gasteiger partial charge < -0.3 is 10.6 Å². The van der Waals surface area contributed by atoms with E-state index in [1.165, 1.54) is 17.2 Å². The lowest BCUT2D eigenvalue weighted by Crippen LogP contribution is -2.23. The van der Waals surface area contributed by atoms with Crippen molar-refractivity contribution in [2.24, 2.45) is 0 Å². The fourth-order valence-corrected chi connectivity index (χ4v) is 4.54. The molecule has 1 aliphatic heterocycles. The van der Waals surface area contributed by atoms with Gasteiger partial charge in [0.05, 0.1) is 5.69 Å². The van der Waals surface area contributed by atoms with Crippen molar-refractivity contribution in [2.75, 3.05) is 11.9 Å². The van der Waals surface area contributed by atoms with Gasteiger partial charge in [0.2, 0.25) is 5.95 Å². The SMILES string of the molecule is CCn1c(=O)c2cnc(Nc3ccc4c(c3)CCNC4)nc2n1-c1ccc(F)c(C(C)(C)C)c1. The van der Waals surface area contributed by atoms with Crippen LogP contribution in [0.1, 0.15) is 44.4 Å². The Morgan fingerprint density at radius 2 is 1.97 bits per heavy atom. The molecule has 3 heterocycles. The van der Waals surface area contributed by atoms with Gasteiger partial charge >= 0.3 is 0 Å². The number of hydrogen-bond donors (Lipinski definition) is 2. The number of aromatic nitrogens is 4. The number of nitrogens with one attached hydrogen (secondary N) is 2. The van der Waals surface area contributed by atoms with Crippen LogP contribution >= 0.6 is 0 Å². The summed E-state index contributed by atoms with van der Waals surface area (Å²) in [6, 6.07) is 11.2. The molecule has 4 aromatic rings. The number of fused-ring (bicyclic) bond motifs is 2. The van der Waals surface area contributed by atoms with Crippen molar-refractivity contribution in [2.45, 2.75) is 52.6 Å². The molecule has 0 fully saturated rings. The summed E-state index contributed by atoms with van der Waals surface area (Å²) in [5.74, 6) is 0.138. The van der Waals surface area contributed by atoms with Gasteiger partial charge in [-0.05, 0) is 72.3 Å². The van der Waals surface area contributed by atoms with Gasteiger partial charge in [-0.25, -0.2) is 18.7 Å². The zero-order valence-electron chi connectivity index (χ0n) is 19.9. The van der Waals surface area contributed by atoms with Crippen LogP contribution in [-0.4, -0.2) is 25.9 Å². The third kappa shape index (κ3) is 3.88. The summed E-state index contributed by atoms with van der Waals surface area (Å²) >= 11 is 0. The highest BCUT2D eigenvalue weighted by atomic mass is 19.1. The molecule has 0 atom stereocenters. The summed E-state index contributed by atoms with van der Waals surface area (Å²) in [5.41, 5.74) is 4.70. The first-order chi connectivity index (χ1) is 16.3. The molecule has 7 nitrogen and oxygen atoms in total. The summed E-state index contributed by atoms with van der Waals surface area (Å²) in [6.07, 6.45) is 2.54. The number of hydrogen-bond acceptors (Lipinski definition) is 5. The Morgan fingerprint density at radius 3 is 2.74 bits per heavy atom. The molecule has 176 valence electrons. The van der Waals surface area contributed by atoms with Gasteiger partial charge in [0.1, 0.15) is 11.2 Å². The van der Waals surface area contributed by atoms with E-state index in [0.29, 0.717) is 34.8 Å². The first-order valence-electron chi connectivity index (χ1n) is 11.6. The molecule has 0 radical (unpaired) electrons. The third-order valence-corrected chi connectivity index (χ3v) is 6.33. The monoisotopic (exact) mass is 460 g/mol. The predicted molar refractivity (Wildman–Crippen MR) is 133 cm³/mol. The Bertz CT molecular complexity index is 1450. The standard InChI is InChI=1S/C26H29FN6O/c1-5-32-24(34)20-15-29-25(30-18-7-6-17-14-28-11-10-16(17)12-18)31-23(20)33(32)19-8-9-22(27)21(13-19)26(2,3)4/h6-9,12-13,15,28H,5,10-11,14H2,1-4H3,(H,29,30,31). The van der Waals surface area contributed by atoms with Gasteiger partial charge in [0, 0.05) is 25.0 Å². The molecule has 0 saturated heterocycles. The second kappa shape index (κ2) is 8.36. The maximum absolute atomic E-state index is 14.6. The minimum atomic E-state index is -0.385. The van der Waals surface area contributed by atoms with Gasteiger partial charge in [-0.1, -0.05) is 26.8 Å². The topological polar surface area (TPSA) is 76.8 Å². The zero-order valence-corrected chi connectivity index (χ0v) is 19.9. The first-order valence-corrected chi connectivity index (χ1v) is 11.6. The van der Waals surface area contributed by atoms with Crippen molar-refractivity contribution in [1.29, 1.82) is 0 Å². The highest BCUT2D eigenvalue weighted by Crippen LogP contribution is 2.28. The summed E-state index contributed by atoms with van der Waals surface area (Å²) in [7, 11) is 0. The molecule has 1 aliphatic rings. The molecule has 0 saturated carbocycles. The second-order valence-corrected chi connectivity index (χ2v) is 9.71.